The number of anilines is 1. The molecule has 5 atom stereocenters. The van der Waals surface area contributed by atoms with Crippen LogP contribution in [-0.4, -0.2) is 36.2 Å². The third-order valence-corrected chi connectivity index (χ3v) is 6.45. The van der Waals surface area contributed by atoms with Crippen LogP contribution in [0.2, 0.25) is 0 Å². The molecule has 6 heteroatoms. The summed E-state index contributed by atoms with van der Waals surface area (Å²) in [6, 6.07) is 13.9. The molecule has 0 radical (unpaired) electrons. The molecule has 0 aliphatic carbocycles. The third kappa shape index (κ3) is 2.37. The van der Waals surface area contributed by atoms with Crippen molar-refractivity contribution in [3.8, 4) is 0 Å². The maximum Gasteiger partial charge on any atom is 0.244 e. The summed E-state index contributed by atoms with van der Waals surface area (Å²) in [5, 5.41) is 0. The minimum atomic E-state index is -0.677. The van der Waals surface area contributed by atoms with Crippen molar-refractivity contribution in [2.24, 2.45) is 11.8 Å². The van der Waals surface area contributed by atoms with Gasteiger partial charge in [-0.1, -0.05) is 36.4 Å². The summed E-state index contributed by atoms with van der Waals surface area (Å²) in [4.78, 5) is 42.0. The fourth-order valence-corrected chi connectivity index (χ4v) is 5.39. The van der Waals surface area contributed by atoms with Gasteiger partial charge in [0.15, 0.2) is 6.04 Å². The molecule has 1 N–H and O–H groups in total. The van der Waals surface area contributed by atoms with E-state index >= 15 is 0 Å². The molecule has 3 saturated heterocycles. The Morgan fingerprint density at radius 3 is 2.50 bits per heavy atom. The largest absolute Gasteiger partial charge is 0.322 e. The topological polar surface area (TPSA) is 58.9 Å². The Bertz CT molecular complexity index is 977. The minimum Gasteiger partial charge on any atom is -0.322 e. The highest BCUT2D eigenvalue weighted by Crippen LogP contribution is 2.40. The van der Waals surface area contributed by atoms with Gasteiger partial charge in [0.1, 0.15) is 23.7 Å². The van der Waals surface area contributed by atoms with Crippen LogP contribution < -0.4 is 9.80 Å². The van der Waals surface area contributed by atoms with Gasteiger partial charge >= 0.3 is 0 Å². The van der Waals surface area contributed by atoms with E-state index in [0.29, 0.717) is 5.56 Å². The van der Waals surface area contributed by atoms with E-state index in [4.69, 9.17) is 0 Å². The van der Waals surface area contributed by atoms with Gasteiger partial charge in [0, 0.05) is 18.4 Å². The second kappa shape index (κ2) is 6.34. The number of carbonyl (C=O) groups excluding carboxylic acids is 3. The molecular formula is C22H20FN2O3+. The van der Waals surface area contributed by atoms with E-state index in [9.17, 15) is 18.8 Å². The molecule has 142 valence electrons. The smallest absolute Gasteiger partial charge is 0.244 e. The number of Topliss-reactive ketones (excluding diaryl/α,β-unsaturated/α-hetero) is 1. The normalized spacial score (nSPS) is 31.2. The highest BCUT2D eigenvalue weighted by Gasteiger charge is 2.68. The van der Waals surface area contributed by atoms with Gasteiger partial charge in [-0.05, 0) is 18.2 Å². The molecule has 2 aromatic carbocycles. The number of quaternary nitrogens is 1. The molecule has 0 aromatic heterocycles. The monoisotopic (exact) mass is 379 g/mol. The van der Waals surface area contributed by atoms with Crippen LogP contribution >= 0.6 is 0 Å². The molecule has 5 nitrogen and oxygen atoms in total. The van der Waals surface area contributed by atoms with Crippen molar-refractivity contribution >= 4 is 23.3 Å². The molecule has 0 bridgehead atoms. The van der Waals surface area contributed by atoms with Crippen LogP contribution in [0.1, 0.15) is 23.2 Å². The average Bonchev–Trinajstić information content (AvgIpc) is 3.34. The van der Waals surface area contributed by atoms with Crippen molar-refractivity contribution in [2.75, 3.05) is 11.4 Å². The van der Waals surface area contributed by atoms with E-state index < -0.39 is 23.7 Å². The summed E-state index contributed by atoms with van der Waals surface area (Å²) in [5.74, 6) is -2.45. The lowest BCUT2D eigenvalue weighted by Crippen LogP contribution is -3.16. The van der Waals surface area contributed by atoms with Crippen molar-refractivity contribution in [1.29, 1.82) is 0 Å². The van der Waals surface area contributed by atoms with Crippen molar-refractivity contribution in [2.45, 2.75) is 24.9 Å². The molecule has 28 heavy (non-hydrogen) atoms. The van der Waals surface area contributed by atoms with Crippen molar-refractivity contribution in [3.63, 3.8) is 0 Å². The summed E-state index contributed by atoms with van der Waals surface area (Å²) < 4.78 is 13.7. The summed E-state index contributed by atoms with van der Waals surface area (Å²) in [6.07, 6.45) is 1.76. The van der Waals surface area contributed by atoms with E-state index in [-0.39, 0.29) is 29.3 Å². The zero-order valence-corrected chi connectivity index (χ0v) is 15.2. The van der Waals surface area contributed by atoms with Gasteiger partial charge in [0.2, 0.25) is 17.6 Å². The molecule has 0 saturated carbocycles. The first-order valence-electron chi connectivity index (χ1n) is 9.66. The summed E-state index contributed by atoms with van der Waals surface area (Å²) in [7, 11) is 0. The van der Waals surface area contributed by atoms with E-state index in [1.165, 1.54) is 18.2 Å². The number of rotatable bonds is 3. The van der Waals surface area contributed by atoms with Crippen molar-refractivity contribution < 1.29 is 23.7 Å². The summed E-state index contributed by atoms with van der Waals surface area (Å²) in [5.41, 5.74) is 0.811. The second-order valence-corrected chi connectivity index (χ2v) is 7.82. The number of imide groups is 1. The SMILES string of the molecule is O=C(c1ccccc1)[C@@H]1[C@@H]2C(=O)N(c3cccc(F)c3)C(=O)[C@@H]2[C@H]2CCC[NH+]21. The fraction of sp³-hybridized carbons (Fsp3) is 0.318. The summed E-state index contributed by atoms with van der Waals surface area (Å²) >= 11 is 0. The number of hydrogen-bond acceptors (Lipinski definition) is 3. The van der Waals surface area contributed by atoms with Crippen LogP contribution in [0.4, 0.5) is 10.1 Å². The molecule has 3 fully saturated rings. The molecule has 2 aromatic rings. The lowest BCUT2D eigenvalue weighted by molar-refractivity contribution is -0.915. The number of hydrogen-bond donors (Lipinski definition) is 1. The molecule has 5 rings (SSSR count). The number of amides is 2. The molecule has 0 spiro atoms. The molecule has 3 heterocycles. The van der Waals surface area contributed by atoms with Crippen molar-refractivity contribution in [1.82, 2.24) is 0 Å². The number of fused-ring (bicyclic) bond motifs is 3. The van der Waals surface area contributed by atoms with Gasteiger partial charge in [-0.3, -0.25) is 14.4 Å². The Kier molecular flexibility index (Phi) is 3.91. The molecule has 2 amide bonds. The number of benzene rings is 2. The zero-order valence-electron chi connectivity index (χ0n) is 15.2. The average molecular weight is 379 g/mol. The number of halogens is 1. The number of carbonyl (C=O) groups is 3. The highest BCUT2D eigenvalue weighted by molar-refractivity contribution is 6.24. The van der Waals surface area contributed by atoms with E-state index in [0.717, 1.165) is 29.2 Å². The fourth-order valence-electron chi connectivity index (χ4n) is 5.39. The molecular weight excluding hydrogens is 359 g/mol. The summed E-state index contributed by atoms with van der Waals surface area (Å²) in [6.45, 7) is 0.793. The Morgan fingerprint density at radius 1 is 1.00 bits per heavy atom. The number of nitrogens with one attached hydrogen (secondary N) is 1. The van der Waals surface area contributed by atoms with Gasteiger partial charge in [-0.15, -0.1) is 0 Å². The Morgan fingerprint density at radius 2 is 1.75 bits per heavy atom. The van der Waals surface area contributed by atoms with Gasteiger partial charge < -0.3 is 4.90 Å². The van der Waals surface area contributed by atoms with Crippen LogP contribution in [0, 0.1) is 17.7 Å². The lowest BCUT2D eigenvalue weighted by atomic mass is 9.85. The Labute approximate surface area is 161 Å². The lowest BCUT2D eigenvalue weighted by Gasteiger charge is -2.25. The van der Waals surface area contributed by atoms with Crippen LogP contribution in [0.25, 0.3) is 0 Å². The quantitative estimate of drug-likeness (QED) is 0.645. The number of nitrogens with zero attached hydrogens (tertiary/aromatic N) is 1. The van der Waals surface area contributed by atoms with Crippen molar-refractivity contribution in [3.05, 3.63) is 66.0 Å². The van der Waals surface area contributed by atoms with Gasteiger partial charge in [0.05, 0.1) is 12.2 Å². The third-order valence-electron chi connectivity index (χ3n) is 6.45. The van der Waals surface area contributed by atoms with Crippen LogP contribution in [0.15, 0.2) is 54.6 Å². The zero-order chi connectivity index (χ0) is 19.4. The Hall–Kier alpha value is -2.86. The molecule has 3 aliphatic heterocycles. The van der Waals surface area contributed by atoms with Gasteiger partial charge in [-0.2, -0.15) is 0 Å². The van der Waals surface area contributed by atoms with Crippen LogP contribution in [-0.2, 0) is 9.59 Å². The van der Waals surface area contributed by atoms with E-state index in [1.54, 1.807) is 30.3 Å². The first-order chi connectivity index (χ1) is 13.6. The van der Waals surface area contributed by atoms with Crippen LogP contribution in [0.5, 0.6) is 0 Å². The minimum absolute atomic E-state index is 0.0299. The standard InChI is InChI=1S/C22H19FN2O3/c23-14-8-4-9-15(12-14)25-21(27)17-16-10-5-11-24(16)19(18(17)22(25)28)20(26)13-6-2-1-3-7-13/h1-4,6-9,12,16-19H,5,10-11H2/p+1/t16-,17-,18-,19+/m1/s1. The Balaban J connectivity index is 1.56. The second-order valence-electron chi connectivity index (χ2n) is 7.82. The predicted octanol–water partition coefficient (Wildman–Crippen LogP) is 1.24. The predicted molar refractivity (Wildman–Crippen MR) is 99.3 cm³/mol. The van der Waals surface area contributed by atoms with Gasteiger partial charge in [-0.25, -0.2) is 9.29 Å². The maximum atomic E-state index is 13.7. The highest BCUT2D eigenvalue weighted by atomic mass is 19.1. The van der Waals surface area contributed by atoms with Gasteiger partial charge in [0.25, 0.3) is 0 Å². The first-order valence-corrected chi connectivity index (χ1v) is 9.66. The first kappa shape index (κ1) is 17.3. The van der Waals surface area contributed by atoms with Crippen LogP contribution in [0.3, 0.4) is 0 Å². The van der Waals surface area contributed by atoms with E-state index in [1.807, 2.05) is 6.07 Å². The molecule has 3 aliphatic rings. The van der Waals surface area contributed by atoms with E-state index in [2.05, 4.69) is 0 Å². The molecule has 1 unspecified atom stereocenters. The number of ketones is 1. The maximum absolute atomic E-state index is 13.7.